The van der Waals surface area contributed by atoms with Crippen molar-refractivity contribution < 1.29 is 9.90 Å². The maximum Gasteiger partial charge on any atom is 0.272 e. The maximum absolute atomic E-state index is 12.4. The van der Waals surface area contributed by atoms with Crippen LogP contribution in [0.15, 0.2) is 30.6 Å². The van der Waals surface area contributed by atoms with Gasteiger partial charge in [0.1, 0.15) is 11.3 Å². The monoisotopic (exact) mass is 245 g/mol. The van der Waals surface area contributed by atoms with Crippen molar-refractivity contribution in [2.45, 2.75) is 18.9 Å². The number of β-amino-alcohol motifs (C(OH)–C–C–N with tert-alkyl or cyclic N) is 1. The molecule has 1 amide bonds. The second kappa shape index (κ2) is 4.42. The third-order valence-electron chi connectivity index (χ3n) is 3.32. The Morgan fingerprint density at radius 3 is 3.17 bits per heavy atom. The number of imidazole rings is 1. The average molecular weight is 245 g/mol. The van der Waals surface area contributed by atoms with Crippen molar-refractivity contribution in [3.05, 3.63) is 36.3 Å². The van der Waals surface area contributed by atoms with Crippen LogP contribution in [0.5, 0.6) is 0 Å². The molecule has 0 aliphatic carbocycles. The first-order valence-electron chi connectivity index (χ1n) is 6.15. The van der Waals surface area contributed by atoms with Gasteiger partial charge in [-0.15, -0.1) is 0 Å². The summed E-state index contributed by atoms with van der Waals surface area (Å²) in [5.41, 5.74) is 1.32. The zero-order chi connectivity index (χ0) is 12.5. The molecular weight excluding hydrogens is 230 g/mol. The molecule has 1 atom stereocenters. The Bertz CT molecular complexity index is 578. The Hall–Kier alpha value is -1.88. The first kappa shape index (κ1) is 11.2. The fourth-order valence-electron chi connectivity index (χ4n) is 2.39. The first-order valence-corrected chi connectivity index (χ1v) is 6.15. The van der Waals surface area contributed by atoms with E-state index in [0.29, 0.717) is 18.8 Å². The summed E-state index contributed by atoms with van der Waals surface area (Å²) in [7, 11) is 0. The number of piperidine rings is 1. The summed E-state index contributed by atoms with van der Waals surface area (Å²) in [5.74, 6) is -0.0625. The van der Waals surface area contributed by atoms with E-state index >= 15 is 0 Å². The molecule has 18 heavy (non-hydrogen) atoms. The van der Waals surface area contributed by atoms with Gasteiger partial charge in [-0.25, -0.2) is 4.98 Å². The SMILES string of the molecule is O=C(c1cnc2ccccn12)N1CCCC(O)C1. The second-order valence-corrected chi connectivity index (χ2v) is 4.62. The van der Waals surface area contributed by atoms with Crippen LogP contribution in [-0.2, 0) is 0 Å². The summed E-state index contributed by atoms with van der Waals surface area (Å²) >= 11 is 0. The number of aliphatic hydroxyl groups excluding tert-OH is 1. The van der Waals surface area contributed by atoms with Crippen molar-refractivity contribution >= 4 is 11.6 Å². The predicted molar refractivity (Wildman–Crippen MR) is 66.3 cm³/mol. The van der Waals surface area contributed by atoms with Crippen molar-refractivity contribution in [2.75, 3.05) is 13.1 Å². The van der Waals surface area contributed by atoms with Crippen LogP contribution in [0.1, 0.15) is 23.3 Å². The molecule has 3 heterocycles. The van der Waals surface area contributed by atoms with E-state index in [4.69, 9.17) is 0 Å². The van der Waals surface area contributed by atoms with Crippen molar-refractivity contribution in [3.8, 4) is 0 Å². The van der Waals surface area contributed by atoms with Crippen molar-refractivity contribution in [1.29, 1.82) is 0 Å². The highest BCUT2D eigenvalue weighted by molar-refractivity contribution is 5.93. The number of hydrogen-bond acceptors (Lipinski definition) is 3. The van der Waals surface area contributed by atoms with Crippen LogP contribution in [0.4, 0.5) is 0 Å². The Kier molecular flexibility index (Phi) is 2.76. The number of carbonyl (C=O) groups excluding carboxylic acids is 1. The standard InChI is InChI=1S/C13H15N3O2/c17-10-4-3-6-15(9-10)13(18)11-8-14-12-5-1-2-7-16(11)12/h1-2,5,7-8,10,17H,3-4,6,9H2. The summed E-state index contributed by atoms with van der Waals surface area (Å²) in [6, 6.07) is 5.62. The van der Waals surface area contributed by atoms with Gasteiger partial charge >= 0.3 is 0 Å². The lowest BCUT2D eigenvalue weighted by atomic mass is 10.1. The maximum atomic E-state index is 12.4. The summed E-state index contributed by atoms with van der Waals surface area (Å²) in [6.45, 7) is 1.12. The van der Waals surface area contributed by atoms with Gasteiger partial charge in [0.2, 0.25) is 0 Å². The van der Waals surface area contributed by atoms with Crippen LogP contribution < -0.4 is 0 Å². The highest BCUT2D eigenvalue weighted by Crippen LogP contribution is 2.14. The molecule has 1 N–H and O–H groups in total. The van der Waals surface area contributed by atoms with Crippen LogP contribution in [0, 0.1) is 0 Å². The lowest BCUT2D eigenvalue weighted by molar-refractivity contribution is 0.0468. The topological polar surface area (TPSA) is 57.8 Å². The molecule has 2 aromatic rings. The lowest BCUT2D eigenvalue weighted by Crippen LogP contribution is -2.42. The fraction of sp³-hybridized carbons (Fsp3) is 0.385. The number of pyridine rings is 1. The van der Waals surface area contributed by atoms with Crippen LogP contribution in [-0.4, -0.2) is 44.5 Å². The minimum absolute atomic E-state index is 0.0625. The number of carbonyl (C=O) groups is 1. The Balaban J connectivity index is 1.92. The van der Waals surface area contributed by atoms with Gasteiger partial charge in [-0.05, 0) is 25.0 Å². The first-order chi connectivity index (χ1) is 8.75. The summed E-state index contributed by atoms with van der Waals surface area (Å²) in [6.07, 6.45) is 4.65. The molecule has 0 saturated carbocycles. The highest BCUT2D eigenvalue weighted by Gasteiger charge is 2.24. The third-order valence-corrected chi connectivity index (χ3v) is 3.32. The van der Waals surface area contributed by atoms with Crippen molar-refractivity contribution in [1.82, 2.24) is 14.3 Å². The van der Waals surface area contributed by atoms with Gasteiger partial charge in [0.05, 0.1) is 12.3 Å². The number of aromatic nitrogens is 2. The molecular formula is C13H15N3O2. The molecule has 3 rings (SSSR count). The predicted octanol–water partition coefficient (Wildman–Crippen LogP) is 0.931. The number of rotatable bonds is 1. The number of fused-ring (bicyclic) bond motifs is 1. The molecule has 2 aromatic heterocycles. The van der Waals surface area contributed by atoms with E-state index < -0.39 is 6.10 Å². The van der Waals surface area contributed by atoms with Gasteiger partial charge in [0.25, 0.3) is 5.91 Å². The number of amides is 1. The Morgan fingerprint density at radius 2 is 2.33 bits per heavy atom. The quantitative estimate of drug-likeness (QED) is 0.813. The van der Waals surface area contributed by atoms with Crippen LogP contribution >= 0.6 is 0 Å². The molecule has 0 bridgehead atoms. The van der Waals surface area contributed by atoms with E-state index in [2.05, 4.69) is 4.98 Å². The van der Waals surface area contributed by atoms with Crippen LogP contribution in [0.25, 0.3) is 5.65 Å². The zero-order valence-electron chi connectivity index (χ0n) is 9.99. The van der Waals surface area contributed by atoms with Crippen molar-refractivity contribution in [2.24, 2.45) is 0 Å². The average Bonchev–Trinajstić information content (AvgIpc) is 2.82. The number of nitrogens with zero attached hydrogens (tertiary/aromatic N) is 3. The van der Waals surface area contributed by atoms with Gasteiger partial charge in [-0.1, -0.05) is 6.07 Å². The molecule has 1 aliphatic heterocycles. The Labute approximate surface area is 105 Å². The Morgan fingerprint density at radius 1 is 1.44 bits per heavy atom. The van der Waals surface area contributed by atoms with E-state index in [9.17, 15) is 9.90 Å². The van der Waals surface area contributed by atoms with Crippen molar-refractivity contribution in [3.63, 3.8) is 0 Å². The second-order valence-electron chi connectivity index (χ2n) is 4.62. The van der Waals surface area contributed by atoms with Gasteiger partial charge < -0.3 is 10.0 Å². The number of hydrogen-bond donors (Lipinski definition) is 1. The van der Waals surface area contributed by atoms with Gasteiger partial charge in [0, 0.05) is 19.3 Å². The van der Waals surface area contributed by atoms with E-state index in [0.717, 1.165) is 18.5 Å². The normalized spacial score (nSPS) is 20.3. The number of likely N-dealkylation sites (tertiary alicyclic amines) is 1. The summed E-state index contributed by atoms with van der Waals surface area (Å²) in [4.78, 5) is 18.3. The minimum atomic E-state index is -0.401. The minimum Gasteiger partial charge on any atom is -0.391 e. The molecule has 0 radical (unpaired) electrons. The summed E-state index contributed by atoms with van der Waals surface area (Å²) < 4.78 is 1.78. The fourth-order valence-corrected chi connectivity index (χ4v) is 2.39. The van der Waals surface area contributed by atoms with E-state index in [1.165, 1.54) is 0 Å². The van der Waals surface area contributed by atoms with E-state index in [1.54, 1.807) is 15.5 Å². The van der Waals surface area contributed by atoms with Gasteiger partial charge in [-0.2, -0.15) is 0 Å². The molecule has 0 aromatic carbocycles. The number of aliphatic hydroxyl groups is 1. The molecule has 1 aliphatic rings. The van der Waals surface area contributed by atoms with E-state index in [-0.39, 0.29) is 5.91 Å². The summed E-state index contributed by atoms with van der Waals surface area (Å²) in [5, 5.41) is 9.62. The lowest BCUT2D eigenvalue weighted by Gasteiger charge is -2.29. The smallest absolute Gasteiger partial charge is 0.272 e. The molecule has 5 heteroatoms. The molecule has 1 unspecified atom stereocenters. The van der Waals surface area contributed by atoms with Crippen LogP contribution in [0.3, 0.4) is 0 Å². The van der Waals surface area contributed by atoms with Crippen LogP contribution in [0.2, 0.25) is 0 Å². The van der Waals surface area contributed by atoms with Gasteiger partial charge in [0.15, 0.2) is 0 Å². The molecule has 5 nitrogen and oxygen atoms in total. The third kappa shape index (κ3) is 1.86. The molecule has 0 spiro atoms. The molecule has 94 valence electrons. The van der Waals surface area contributed by atoms with Gasteiger partial charge in [-0.3, -0.25) is 9.20 Å². The largest absolute Gasteiger partial charge is 0.391 e. The van der Waals surface area contributed by atoms with E-state index in [1.807, 2.05) is 24.4 Å². The molecule has 1 fully saturated rings. The zero-order valence-corrected chi connectivity index (χ0v) is 9.99. The molecule has 1 saturated heterocycles. The highest BCUT2D eigenvalue weighted by atomic mass is 16.3.